The summed E-state index contributed by atoms with van der Waals surface area (Å²) < 4.78 is 11.6. The van der Waals surface area contributed by atoms with E-state index in [1.165, 1.54) is 23.1 Å². The average molecular weight is 624 g/mol. The zero-order valence-corrected chi connectivity index (χ0v) is 26.5. The van der Waals surface area contributed by atoms with E-state index in [0.29, 0.717) is 49.3 Å². The maximum Gasteiger partial charge on any atom is 0.344 e. The molecule has 1 spiro atoms. The van der Waals surface area contributed by atoms with Gasteiger partial charge < -0.3 is 29.5 Å². The standard InChI is InChI=1S/C34H42ClN3O6/c1-32-15-13-25(32)26(39)8-4-5-16-37(2)29(40)18-34(42,31(41)43-3)28-12-11-27-30(36-28)38(19-32)20-33(21-44-27)14-6-7-22-17-23(35)9-10-24(22)33/h4,8-12,17,25-26,39,42H,5-7,13-16,18-21H2,1-3H3/b8-4+/t25-,26-,32?,33-,34+/m0/s1. The number of amides is 1. The molecular weight excluding hydrogens is 582 g/mol. The number of carbonyl (C=O) groups is 2. The van der Waals surface area contributed by atoms with Gasteiger partial charge in [-0.3, -0.25) is 4.79 Å². The molecule has 5 atom stereocenters. The Balaban J connectivity index is 1.49. The van der Waals surface area contributed by atoms with Gasteiger partial charge in [-0.25, -0.2) is 9.78 Å². The van der Waals surface area contributed by atoms with Crippen molar-refractivity contribution in [3.8, 4) is 5.75 Å². The lowest BCUT2D eigenvalue weighted by molar-refractivity contribution is -0.168. The van der Waals surface area contributed by atoms with Crippen LogP contribution in [0.4, 0.5) is 5.82 Å². The summed E-state index contributed by atoms with van der Waals surface area (Å²) in [5, 5.41) is 23.8. The van der Waals surface area contributed by atoms with Gasteiger partial charge in [0.25, 0.3) is 0 Å². The minimum atomic E-state index is -2.29. The van der Waals surface area contributed by atoms with Gasteiger partial charge in [0.05, 0.1) is 31.9 Å². The van der Waals surface area contributed by atoms with Crippen molar-refractivity contribution in [1.82, 2.24) is 9.88 Å². The summed E-state index contributed by atoms with van der Waals surface area (Å²) in [4.78, 5) is 35.0. The molecule has 44 heavy (non-hydrogen) atoms. The van der Waals surface area contributed by atoms with Crippen molar-refractivity contribution in [2.24, 2.45) is 11.3 Å². The molecule has 0 saturated heterocycles. The number of esters is 1. The van der Waals surface area contributed by atoms with E-state index in [9.17, 15) is 19.8 Å². The van der Waals surface area contributed by atoms with E-state index >= 15 is 0 Å². The summed E-state index contributed by atoms with van der Waals surface area (Å²) in [5.74, 6) is -0.275. The number of rotatable bonds is 1. The third-order valence-corrected chi connectivity index (χ3v) is 10.7. The molecule has 2 aromatic rings. The lowest BCUT2D eigenvalue weighted by Crippen LogP contribution is -2.54. The number of aliphatic hydroxyl groups excluding tert-OH is 1. The number of benzene rings is 1. The number of hydrogen-bond donors (Lipinski definition) is 2. The Hall–Kier alpha value is -3.14. The van der Waals surface area contributed by atoms with E-state index in [0.717, 1.165) is 32.1 Å². The van der Waals surface area contributed by atoms with Gasteiger partial charge in [-0.05, 0) is 85.3 Å². The topological polar surface area (TPSA) is 112 Å². The Morgan fingerprint density at radius 3 is 2.77 bits per heavy atom. The Labute approximate surface area is 263 Å². The molecule has 9 nitrogen and oxygen atoms in total. The zero-order valence-electron chi connectivity index (χ0n) is 25.7. The number of nitrogens with zero attached hydrogens (tertiary/aromatic N) is 3. The Kier molecular flexibility index (Phi) is 8.18. The maximum absolute atomic E-state index is 13.3. The molecule has 4 aliphatic rings. The summed E-state index contributed by atoms with van der Waals surface area (Å²) in [6.07, 6.45) is 7.84. The van der Waals surface area contributed by atoms with Gasteiger partial charge in [-0.1, -0.05) is 36.7 Å². The van der Waals surface area contributed by atoms with Crippen LogP contribution < -0.4 is 9.64 Å². The molecule has 236 valence electrons. The quantitative estimate of drug-likeness (QED) is 0.360. The third-order valence-electron chi connectivity index (χ3n) is 10.5. The first-order chi connectivity index (χ1) is 21.0. The molecule has 0 radical (unpaired) electrons. The molecule has 10 heteroatoms. The van der Waals surface area contributed by atoms with Crippen LogP contribution in [-0.4, -0.2) is 78.5 Å². The second-order valence-electron chi connectivity index (χ2n) is 13.4. The molecule has 2 bridgehead atoms. The van der Waals surface area contributed by atoms with Crippen molar-refractivity contribution < 1.29 is 29.3 Å². The summed E-state index contributed by atoms with van der Waals surface area (Å²) in [6.45, 7) is 4.21. The average Bonchev–Trinajstić information content (AvgIpc) is 3.14. The van der Waals surface area contributed by atoms with Crippen molar-refractivity contribution >= 4 is 29.3 Å². The molecule has 1 aromatic carbocycles. The molecule has 1 amide bonds. The first kappa shape index (κ1) is 30.9. The normalized spacial score (nSPS) is 32.9. The van der Waals surface area contributed by atoms with E-state index in [1.54, 1.807) is 19.2 Å². The molecule has 1 fully saturated rings. The number of halogens is 1. The van der Waals surface area contributed by atoms with E-state index in [-0.39, 0.29) is 22.4 Å². The number of carbonyl (C=O) groups excluding carboxylic acids is 2. The van der Waals surface area contributed by atoms with E-state index in [1.807, 2.05) is 18.2 Å². The fourth-order valence-corrected chi connectivity index (χ4v) is 7.96. The molecule has 2 aliphatic carbocycles. The molecule has 3 heterocycles. The van der Waals surface area contributed by atoms with Gasteiger partial charge in [-0.2, -0.15) is 0 Å². The van der Waals surface area contributed by atoms with E-state index < -0.39 is 30.0 Å². The predicted molar refractivity (Wildman–Crippen MR) is 167 cm³/mol. The fraction of sp³-hybridized carbons (Fsp3) is 0.559. The highest BCUT2D eigenvalue weighted by Crippen LogP contribution is 2.52. The maximum atomic E-state index is 13.3. The predicted octanol–water partition coefficient (Wildman–Crippen LogP) is 4.15. The smallest absolute Gasteiger partial charge is 0.344 e. The highest BCUT2D eigenvalue weighted by atomic mass is 35.5. The molecule has 6 rings (SSSR count). The number of methoxy groups -OCH3 is 1. The number of anilines is 1. The van der Waals surface area contributed by atoms with Crippen molar-refractivity contribution in [3.63, 3.8) is 0 Å². The minimum absolute atomic E-state index is 0.0348. The lowest BCUT2D eigenvalue weighted by atomic mass is 9.58. The Morgan fingerprint density at radius 2 is 2.02 bits per heavy atom. The van der Waals surface area contributed by atoms with Gasteiger partial charge >= 0.3 is 5.97 Å². The van der Waals surface area contributed by atoms with Crippen LogP contribution in [0.3, 0.4) is 0 Å². The number of fused-ring (bicyclic) bond motifs is 4. The number of pyridine rings is 1. The van der Waals surface area contributed by atoms with Crippen molar-refractivity contribution in [1.29, 1.82) is 0 Å². The number of aryl methyl sites for hydroxylation is 1. The first-order valence-electron chi connectivity index (χ1n) is 15.6. The lowest BCUT2D eigenvalue weighted by Gasteiger charge is -2.52. The number of aliphatic hydroxyl groups is 2. The van der Waals surface area contributed by atoms with Crippen LogP contribution in [-0.2, 0) is 31.8 Å². The van der Waals surface area contributed by atoms with Gasteiger partial charge in [0.1, 0.15) is 0 Å². The summed E-state index contributed by atoms with van der Waals surface area (Å²) in [6, 6.07) is 9.39. The largest absolute Gasteiger partial charge is 0.489 e. The van der Waals surface area contributed by atoms with Gasteiger partial charge in [0.15, 0.2) is 11.6 Å². The first-order valence-corrected chi connectivity index (χ1v) is 15.9. The number of aromatic nitrogens is 1. The number of ether oxygens (including phenoxy) is 2. The highest BCUT2D eigenvalue weighted by molar-refractivity contribution is 6.30. The van der Waals surface area contributed by atoms with E-state index in [4.69, 9.17) is 26.1 Å². The molecular formula is C34H42ClN3O6. The van der Waals surface area contributed by atoms with Crippen LogP contribution in [0, 0.1) is 11.3 Å². The van der Waals surface area contributed by atoms with Crippen LogP contribution in [0.15, 0.2) is 42.5 Å². The highest BCUT2D eigenvalue weighted by Gasteiger charge is 2.50. The van der Waals surface area contributed by atoms with Gasteiger partial charge in [0.2, 0.25) is 11.5 Å². The minimum Gasteiger partial charge on any atom is -0.489 e. The molecule has 2 N–H and O–H groups in total. The molecule has 2 aliphatic heterocycles. The van der Waals surface area contributed by atoms with E-state index in [2.05, 4.69) is 24.0 Å². The summed E-state index contributed by atoms with van der Waals surface area (Å²) in [5.41, 5.74) is -0.378. The Bertz CT molecular complexity index is 1480. The van der Waals surface area contributed by atoms with Crippen LogP contribution in [0.25, 0.3) is 0 Å². The SMILES string of the molecule is COC(=O)[C@@]1(O)CC(=O)N(C)CC/C=C/[C@H](O)[C@@H]2CCC2(C)CN2C[C@@]3(CCCc4cc(Cl)ccc43)COc3ccc1nc32. The van der Waals surface area contributed by atoms with Crippen molar-refractivity contribution in [2.75, 3.05) is 45.3 Å². The number of hydrogen-bond acceptors (Lipinski definition) is 8. The van der Waals surface area contributed by atoms with Crippen molar-refractivity contribution in [2.45, 2.75) is 69.0 Å². The van der Waals surface area contributed by atoms with Crippen LogP contribution in [0.1, 0.15) is 62.3 Å². The van der Waals surface area contributed by atoms with Gasteiger partial charge in [-0.15, -0.1) is 0 Å². The Morgan fingerprint density at radius 1 is 1.20 bits per heavy atom. The van der Waals surface area contributed by atoms with Crippen LogP contribution >= 0.6 is 11.6 Å². The van der Waals surface area contributed by atoms with Gasteiger partial charge in [0, 0.05) is 37.1 Å². The van der Waals surface area contributed by atoms with Crippen molar-refractivity contribution in [3.05, 3.63) is 64.3 Å². The molecule has 1 aromatic heterocycles. The second-order valence-corrected chi connectivity index (χ2v) is 13.9. The zero-order chi connectivity index (χ0) is 31.3. The van der Waals surface area contributed by atoms with Crippen LogP contribution in [0.5, 0.6) is 5.75 Å². The second kappa shape index (κ2) is 11.7. The van der Waals surface area contributed by atoms with Crippen LogP contribution in [0.2, 0.25) is 5.02 Å². The third kappa shape index (κ3) is 5.37. The summed E-state index contributed by atoms with van der Waals surface area (Å²) in [7, 11) is 2.82. The fourth-order valence-electron chi connectivity index (χ4n) is 7.76. The summed E-state index contributed by atoms with van der Waals surface area (Å²) >= 11 is 6.41. The molecule has 1 unspecified atom stereocenters. The molecule has 1 saturated carbocycles. The monoisotopic (exact) mass is 623 g/mol.